The molecular weight excluding hydrogens is 521 g/mol. The summed E-state index contributed by atoms with van der Waals surface area (Å²) in [7, 11) is 2.06. The van der Waals surface area contributed by atoms with Gasteiger partial charge in [0, 0.05) is 64.3 Å². The van der Waals surface area contributed by atoms with Gasteiger partial charge in [0.15, 0.2) is 5.96 Å². The first-order chi connectivity index (χ1) is 12.5. The van der Waals surface area contributed by atoms with Crippen molar-refractivity contribution in [3.05, 3.63) is 34.3 Å². The number of carbonyl (C=O) groups excluding carboxylic acids is 1. The molecule has 0 aliphatic carbocycles. The Labute approximate surface area is 188 Å². The van der Waals surface area contributed by atoms with E-state index < -0.39 is 0 Å². The monoisotopic (exact) mass is 551 g/mol. The topological polar surface area (TPSA) is 51.2 Å². The van der Waals surface area contributed by atoms with Gasteiger partial charge in [-0.3, -0.25) is 14.7 Å². The molecule has 0 radical (unpaired) electrons. The van der Waals surface area contributed by atoms with E-state index in [-0.39, 0.29) is 29.9 Å². The van der Waals surface area contributed by atoms with Crippen LogP contribution in [0, 0.1) is 0 Å². The normalized spacial score (nSPS) is 15.3. The van der Waals surface area contributed by atoms with Crippen LogP contribution in [-0.2, 0) is 11.3 Å². The number of piperazine rings is 1. The van der Waals surface area contributed by atoms with Gasteiger partial charge in [-0.05, 0) is 24.6 Å². The van der Waals surface area contributed by atoms with Crippen LogP contribution >= 0.6 is 39.9 Å². The van der Waals surface area contributed by atoms with E-state index in [2.05, 4.69) is 69.3 Å². The lowest BCUT2D eigenvalue weighted by molar-refractivity contribution is -0.130. The largest absolute Gasteiger partial charge is 0.357 e. The Morgan fingerprint density at radius 2 is 1.85 bits per heavy atom. The molecule has 1 saturated heterocycles. The fourth-order valence-corrected chi connectivity index (χ4v) is 3.26. The Balaban J connectivity index is 0.00000364. The summed E-state index contributed by atoms with van der Waals surface area (Å²) < 4.78 is 1.09. The van der Waals surface area contributed by atoms with Gasteiger partial charge in [0.25, 0.3) is 0 Å². The van der Waals surface area contributed by atoms with Crippen molar-refractivity contribution in [1.29, 1.82) is 0 Å². The molecule has 2 rings (SSSR count). The van der Waals surface area contributed by atoms with Gasteiger partial charge in [-0.15, -0.1) is 24.0 Å². The molecule has 0 saturated carbocycles. The molecule has 1 fully saturated rings. The molecule has 0 spiro atoms. The van der Waals surface area contributed by atoms with Crippen molar-refractivity contribution in [2.24, 2.45) is 4.99 Å². The number of nitrogens with zero attached hydrogens (tertiary/aromatic N) is 4. The molecule has 1 aromatic rings. The van der Waals surface area contributed by atoms with Crippen LogP contribution in [-0.4, -0.2) is 79.4 Å². The van der Waals surface area contributed by atoms with E-state index in [0.717, 1.165) is 62.8 Å². The Morgan fingerprint density at radius 3 is 2.41 bits per heavy atom. The van der Waals surface area contributed by atoms with Gasteiger partial charge in [0.2, 0.25) is 5.91 Å². The first-order valence-corrected chi connectivity index (χ1v) is 10.0. The Kier molecular flexibility index (Phi) is 11.2. The number of benzene rings is 1. The van der Waals surface area contributed by atoms with Gasteiger partial charge in [-0.2, -0.15) is 0 Å². The minimum absolute atomic E-state index is 0. The maximum absolute atomic E-state index is 11.4. The fourth-order valence-electron chi connectivity index (χ4n) is 2.99. The molecule has 6 nitrogen and oxygen atoms in total. The number of halogens is 2. The molecule has 8 heteroatoms. The van der Waals surface area contributed by atoms with Gasteiger partial charge in [-0.25, -0.2) is 0 Å². The summed E-state index contributed by atoms with van der Waals surface area (Å²) >= 11 is 3.47. The molecule has 1 N–H and O–H groups in total. The van der Waals surface area contributed by atoms with Crippen molar-refractivity contribution in [2.75, 3.05) is 52.9 Å². The van der Waals surface area contributed by atoms with E-state index in [9.17, 15) is 4.79 Å². The van der Waals surface area contributed by atoms with Crippen molar-refractivity contribution >= 4 is 51.8 Å². The Bertz CT molecular complexity index is 603. The van der Waals surface area contributed by atoms with E-state index in [1.165, 1.54) is 5.56 Å². The summed E-state index contributed by atoms with van der Waals surface area (Å²) in [5.74, 6) is 1.10. The Morgan fingerprint density at radius 1 is 1.22 bits per heavy atom. The summed E-state index contributed by atoms with van der Waals surface area (Å²) in [6.07, 6.45) is 0. The lowest BCUT2D eigenvalue weighted by atomic mass is 10.2. The predicted octanol–water partition coefficient (Wildman–Crippen LogP) is 2.63. The second kappa shape index (κ2) is 12.6. The standard InChI is InChI=1S/C19H30BrN5O.HI/c1-4-21-19(23(3)15-17-5-7-18(20)8-6-17)22-9-10-24-11-13-25(14-12-24)16(2)26;/h5-8H,4,9-15H2,1-3H3,(H,21,22);1H. The maximum Gasteiger partial charge on any atom is 0.219 e. The average Bonchev–Trinajstić information content (AvgIpc) is 2.63. The van der Waals surface area contributed by atoms with Gasteiger partial charge in [0.1, 0.15) is 0 Å². The highest BCUT2D eigenvalue weighted by Crippen LogP contribution is 2.12. The number of amides is 1. The molecule has 1 heterocycles. The molecule has 1 aliphatic rings. The van der Waals surface area contributed by atoms with Crippen molar-refractivity contribution in [3.63, 3.8) is 0 Å². The molecule has 152 valence electrons. The van der Waals surface area contributed by atoms with Crippen molar-refractivity contribution < 1.29 is 4.79 Å². The van der Waals surface area contributed by atoms with E-state index in [4.69, 9.17) is 4.99 Å². The number of nitrogens with one attached hydrogen (secondary N) is 1. The van der Waals surface area contributed by atoms with Gasteiger partial charge in [0.05, 0.1) is 6.54 Å². The summed E-state index contributed by atoms with van der Waals surface area (Å²) in [4.78, 5) is 22.6. The van der Waals surface area contributed by atoms with Crippen molar-refractivity contribution in [1.82, 2.24) is 20.0 Å². The number of guanidine groups is 1. The molecule has 27 heavy (non-hydrogen) atoms. The minimum atomic E-state index is 0. The lowest BCUT2D eigenvalue weighted by Crippen LogP contribution is -2.48. The number of hydrogen-bond donors (Lipinski definition) is 1. The third-order valence-electron chi connectivity index (χ3n) is 4.52. The highest BCUT2D eigenvalue weighted by molar-refractivity contribution is 14.0. The zero-order valence-corrected chi connectivity index (χ0v) is 20.4. The van der Waals surface area contributed by atoms with E-state index in [1.807, 2.05) is 4.90 Å². The quantitative estimate of drug-likeness (QED) is 0.335. The van der Waals surface area contributed by atoms with Crippen LogP contribution < -0.4 is 5.32 Å². The zero-order chi connectivity index (χ0) is 18.9. The van der Waals surface area contributed by atoms with Crippen molar-refractivity contribution in [2.45, 2.75) is 20.4 Å². The SMILES string of the molecule is CCNC(=NCCN1CCN(C(C)=O)CC1)N(C)Cc1ccc(Br)cc1.I. The molecule has 0 unspecified atom stereocenters. The van der Waals surface area contributed by atoms with Crippen molar-refractivity contribution in [3.8, 4) is 0 Å². The van der Waals surface area contributed by atoms with Gasteiger partial charge >= 0.3 is 0 Å². The van der Waals surface area contributed by atoms with Gasteiger partial charge in [-0.1, -0.05) is 28.1 Å². The molecule has 1 aliphatic heterocycles. The third-order valence-corrected chi connectivity index (χ3v) is 5.05. The molecule has 0 bridgehead atoms. The van der Waals surface area contributed by atoms with Crippen LogP contribution in [0.1, 0.15) is 19.4 Å². The molecule has 0 atom stereocenters. The van der Waals surface area contributed by atoms with E-state index in [0.29, 0.717) is 0 Å². The smallest absolute Gasteiger partial charge is 0.219 e. The van der Waals surface area contributed by atoms with Gasteiger partial charge < -0.3 is 15.1 Å². The van der Waals surface area contributed by atoms with Crippen LogP contribution in [0.15, 0.2) is 33.7 Å². The highest BCUT2D eigenvalue weighted by Gasteiger charge is 2.18. The average molecular weight is 552 g/mol. The van der Waals surface area contributed by atoms with Crippen LogP contribution in [0.3, 0.4) is 0 Å². The molecular formula is C19H31BrIN5O. The van der Waals surface area contributed by atoms with E-state index in [1.54, 1.807) is 6.92 Å². The fraction of sp³-hybridized carbons (Fsp3) is 0.579. The maximum atomic E-state index is 11.4. The third kappa shape index (κ3) is 8.35. The summed E-state index contributed by atoms with van der Waals surface area (Å²) in [5.41, 5.74) is 1.25. The Hall–Kier alpha value is -0.870. The molecule has 1 aromatic carbocycles. The molecule has 1 amide bonds. The van der Waals surface area contributed by atoms with Crippen LogP contribution in [0.5, 0.6) is 0 Å². The number of carbonyl (C=O) groups is 1. The van der Waals surface area contributed by atoms with E-state index >= 15 is 0 Å². The zero-order valence-electron chi connectivity index (χ0n) is 16.4. The first kappa shape index (κ1) is 24.2. The highest BCUT2D eigenvalue weighted by atomic mass is 127. The second-order valence-corrected chi connectivity index (χ2v) is 7.48. The minimum Gasteiger partial charge on any atom is -0.357 e. The van der Waals surface area contributed by atoms with Crippen LogP contribution in [0.25, 0.3) is 0 Å². The number of hydrogen-bond acceptors (Lipinski definition) is 3. The second-order valence-electron chi connectivity index (χ2n) is 6.57. The summed E-state index contributed by atoms with van der Waals surface area (Å²) in [5, 5.41) is 3.37. The van der Waals surface area contributed by atoms with Crippen LogP contribution in [0.4, 0.5) is 0 Å². The molecule has 0 aromatic heterocycles. The first-order valence-electron chi connectivity index (χ1n) is 9.21. The number of aliphatic imine (C=N–C) groups is 1. The summed E-state index contributed by atoms with van der Waals surface area (Å²) in [6, 6.07) is 8.37. The van der Waals surface area contributed by atoms with Crippen LogP contribution in [0.2, 0.25) is 0 Å². The lowest BCUT2D eigenvalue weighted by Gasteiger charge is -2.33. The summed E-state index contributed by atoms with van der Waals surface area (Å²) in [6.45, 7) is 10.6. The predicted molar refractivity (Wildman–Crippen MR) is 126 cm³/mol. The number of rotatable bonds is 6.